The predicted molar refractivity (Wildman–Crippen MR) is 93.1 cm³/mol. The van der Waals surface area contributed by atoms with Gasteiger partial charge in [0.15, 0.2) is 0 Å². The molecule has 136 valence electrons. The van der Waals surface area contributed by atoms with Crippen molar-refractivity contribution in [3.63, 3.8) is 0 Å². The van der Waals surface area contributed by atoms with Crippen LogP contribution in [0, 0.1) is 18.8 Å². The number of carbonyl (C=O) groups excluding carboxylic acids is 1. The molecule has 1 fully saturated rings. The summed E-state index contributed by atoms with van der Waals surface area (Å²) in [5, 5.41) is 1.78. The number of aromatic nitrogens is 2. The van der Waals surface area contributed by atoms with Crippen LogP contribution in [0.25, 0.3) is 0 Å². The fourth-order valence-electron chi connectivity index (χ4n) is 3.29. The van der Waals surface area contributed by atoms with Crippen LogP contribution in [0.15, 0.2) is 42.6 Å². The zero-order chi connectivity index (χ0) is 18.1. The third-order valence-corrected chi connectivity index (χ3v) is 4.68. The van der Waals surface area contributed by atoms with Crippen molar-refractivity contribution in [2.45, 2.75) is 19.8 Å². The SMILES string of the molecule is Cc1c[nH]c(N2C=C([C@H]3CCCN(C(=O)c4ccc(F)nc4)C3)ON2)c1. The summed E-state index contributed by atoms with van der Waals surface area (Å²) in [7, 11) is 0. The van der Waals surface area contributed by atoms with Crippen LogP contribution < -0.4 is 10.6 Å². The molecule has 4 rings (SSSR count). The van der Waals surface area contributed by atoms with E-state index in [1.54, 1.807) is 9.91 Å². The molecule has 0 unspecified atom stereocenters. The maximum Gasteiger partial charge on any atom is 0.255 e. The van der Waals surface area contributed by atoms with Crippen molar-refractivity contribution in [1.29, 1.82) is 0 Å². The number of anilines is 1. The molecule has 0 radical (unpaired) electrons. The van der Waals surface area contributed by atoms with Crippen LogP contribution in [0.5, 0.6) is 0 Å². The van der Waals surface area contributed by atoms with Gasteiger partial charge in [0, 0.05) is 31.4 Å². The van der Waals surface area contributed by atoms with Crippen molar-refractivity contribution >= 4 is 11.7 Å². The molecular formula is C18H20FN5O2. The molecule has 2 aliphatic heterocycles. The van der Waals surface area contributed by atoms with Crippen LogP contribution in [0.3, 0.4) is 0 Å². The Kier molecular flexibility index (Phi) is 4.34. The van der Waals surface area contributed by atoms with E-state index < -0.39 is 5.95 Å². The third kappa shape index (κ3) is 3.28. The van der Waals surface area contributed by atoms with Crippen LogP contribution in [-0.4, -0.2) is 33.9 Å². The Morgan fingerprint density at radius 1 is 1.42 bits per heavy atom. The van der Waals surface area contributed by atoms with Gasteiger partial charge in [0.25, 0.3) is 5.91 Å². The van der Waals surface area contributed by atoms with E-state index >= 15 is 0 Å². The Labute approximate surface area is 150 Å². The van der Waals surface area contributed by atoms with E-state index in [9.17, 15) is 9.18 Å². The van der Waals surface area contributed by atoms with Crippen LogP contribution >= 0.6 is 0 Å². The summed E-state index contributed by atoms with van der Waals surface area (Å²) in [5.41, 5.74) is 4.40. The Hall–Kier alpha value is -2.87. The summed E-state index contributed by atoms with van der Waals surface area (Å²) < 4.78 is 13.0. The number of hydrazine groups is 1. The summed E-state index contributed by atoms with van der Waals surface area (Å²) in [6.07, 6.45) is 6.93. The highest BCUT2D eigenvalue weighted by Gasteiger charge is 2.31. The van der Waals surface area contributed by atoms with E-state index in [1.165, 1.54) is 18.3 Å². The largest absolute Gasteiger partial charge is 0.391 e. The number of nitrogens with zero attached hydrogens (tertiary/aromatic N) is 3. The number of hydrogen-bond donors (Lipinski definition) is 2. The quantitative estimate of drug-likeness (QED) is 0.826. The van der Waals surface area contributed by atoms with E-state index in [-0.39, 0.29) is 11.8 Å². The van der Waals surface area contributed by atoms with Crippen LogP contribution in [-0.2, 0) is 4.84 Å². The van der Waals surface area contributed by atoms with Gasteiger partial charge in [0.1, 0.15) is 11.6 Å². The molecule has 1 atom stereocenters. The van der Waals surface area contributed by atoms with Crippen LogP contribution in [0.1, 0.15) is 28.8 Å². The Morgan fingerprint density at radius 3 is 3.04 bits per heavy atom. The lowest BCUT2D eigenvalue weighted by molar-refractivity contribution is 0.0577. The number of piperidine rings is 1. The number of likely N-dealkylation sites (tertiary alicyclic amines) is 1. The number of aryl methyl sites for hydroxylation is 1. The second kappa shape index (κ2) is 6.80. The zero-order valence-corrected chi connectivity index (χ0v) is 14.4. The second-order valence-corrected chi connectivity index (χ2v) is 6.62. The van der Waals surface area contributed by atoms with E-state index in [2.05, 4.69) is 15.6 Å². The van der Waals surface area contributed by atoms with Gasteiger partial charge in [0.05, 0.1) is 11.8 Å². The topological polar surface area (TPSA) is 73.5 Å². The molecular weight excluding hydrogens is 337 g/mol. The molecule has 2 N–H and O–H groups in total. The highest BCUT2D eigenvalue weighted by atomic mass is 19.1. The lowest BCUT2D eigenvalue weighted by atomic mass is 9.96. The average Bonchev–Trinajstić information content (AvgIpc) is 3.31. The molecule has 0 aromatic carbocycles. The number of carbonyl (C=O) groups is 1. The highest BCUT2D eigenvalue weighted by molar-refractivity contribution is 5.93. The maximum absolute atomic E-state index is 13.0. The first kappa shape index (κ1) is 16.6. The standard InChI is InChI=1S/C18H20FN5O2/c1-12-7-17(21-8-12)24-11-15(26-22-24)14-3-2-6-23(10-14)18(25)13-4-5-16(19)20-9-13/h4-5,7-9,11,14,21-22H,2-3,6,10H2,1H3/t14-/m0/s1. The molecule has 2 aliphatic rings. The van der Waals surface area contributed by atoms with Gasteiger partial charge in [0.2, 0.25) is 5.95 Å². The van der Waals surface area contributed by atoms with Crippen LogP contribution in [0.4, 0.5) is 10.2 Å². The van der Waals surface area contributed by atoms with E-state index in [1.807, 2.05) is 25.4 Å². The molecule has 4 heterocycles. The Balaban J connectivity index is 1.45. The number of halogens is 1. The van der Waals surface area contributed by atoms with Crippen molar-refractivity contribution in [1.82, 2.24) is 20.5 Å². The first-order chi connectivity index (χ1) is 12.6. The minimum atomic E-state index is -0.590. The molecule has 0 spiro atoms. The van der Waals surface area contributed by atoms with Crippen molar-refractivity contribution in [2.24, 2.45) is 5.92 Å². The molecule has 26 heavy (non-hydrogen) atoms. The molecule has 0 aliphatic carbocycles. The minimum absolute atomic E-state index is 0.106. The Bertz CT molecular complexity index is 832. The third-order valence-electron chi connectivity index (χ3n) is 4.68. The number of H-pyrrole nitrogens is 1. The first-order valence-electron chi connectivity index (χ1n) is 8.59. The summed E-state index contributed by atoms with van der Waals surface area (Å²) in [5.74, 6) is 1.07. The maximum atomic E-state index is 13.0. The molecule has 0 bridgehead atoms. The molecule has 0 saturated carbocycles. The first-order valence-corrected chi connectivity index (χ1v) is 8.59. The van der Waals surface area contributed by atoms with Gasteiger partial charge in [-0.15, -0.1) is 0 Å². The van der Waals surface area contributed by atoms with Crippen molar-refractivity contribution < 1.29 is 14.0 Å². The molecule has 7 nitrogen and oxygen atoms in total. The zero-order valence-electron chi connectivity index (χ0n) is 14.4. The summed E-state index contributed by atoms with van der Waals surface area (Å²) in [6, 6.07) is 4.68. The lowest BCUT2D eigenvalue weighted by Gasteiger charge is -2.32. The minimum Gasteiger partial charge on any atom is -0.391 e. The average molecular weight is 357 g/mol. The number of pyridine rings is 1. The number of aromatic amines is 1. The molecule has 2 aromatic heterocycles. The van der Waals surface area contributed by atoms with Gasteiger partial charge >= 0.3 is 0 Å². The lowest BCUT2D eigenvalue weighted by Crippen LogP contribution is -2.40. The Morgan fingerprint density at radius 2 is 2.31 bits per heavy atom. The number of rotatable bonds is 3. The van der Waals surface area contributed by atoms with Gasteiger partial charge < -0.3 is 14.7 Å². The highest BCUT2D eigenvalue weighted by Crippen LogP contribution is 2.29. The second-order valence-electron chi connectivity index (χ2n) is 6.62. The number of nitrogens with one attached hydrogen (secondary N) is 2. The smallest absolute Gasteiger partial charge is 0.255 e. The fourth-order valence-corrected chi connectivity index (χ4v) is 3.29. The van der Waals surface area contributed by atoms with Gasteiger partial charge in [-0.3, -0.25) is 4.79 Å². The van der Waals surface area contributed by atoms with E-state index in [4.69, 9.17) is 4.84 Å². The number of amides is 1. The normalized spacial score (nSPS) is 20.1. The van der Waals surface area contributed by atoms with Crippen molar-refractivity contribution in [2.75, 3.05) is 18.1 Å². The molecule has 2 aromatic rings. The van der Waals surface area contributed by atoms with Gasteiger partial charge in [-0.1, -0.05) is 5.59 Å². The van der Waals surface area contributed by atoms with Gasteiger partial charge in [-0.05, 0) is 43.5 Å². The molecule has 8 heteroatoms. The summed E-state index contributed by atoms with van der Waals surface area (Å²) in [4.78, 5) is 26.8. The molecule has 1 saturated heterocycles. The van der Waals surface area contributed by atoms with E-state index in [0.29, 0.717) is 18.7 Å². The van der Waals surface area contributed by atoms with Crippen molar-refractivity contribution in [3.05, 3.63) is 59.6 Å². The van der Waals surface area contributed by atoms with Gasteiger partial charge in [-0.25, -0.2) is 9.99 Å². The van der Waals surface area contributed by atoms with Crippen molar-refractivity contribution in [3.8, 4) is 0 Å². The van der Waals surface area contributed by atoms with Gasteiger partial charge in [-0.2, -0.15) is 4.39 Å². The van der Waals surface area contributed by atoms with Crippen LogP contribution in [0.2, 0.25) is 0 Å². The number of hydrogen-bond acceptors (Lipinski definition) is 5. The summed E-state index contributed by atoms with van der Waals surface area (Å²) >= 11 is 0. The predicted octanol–water partition coefficient (Wildman–Crippen LogP) is 2.51. The van der Waals surface area contributed by atoms with E-state index in [0.717, 1.165) is 30.0 Å². The summed E-state index contributed by atoms with van der Waals surface area (Å²) in [6.45, 7) is 3.24. The molecule has 1 amide bonds. The fraction of sp³-hybridized carbons (Fsp3) is 0.333. The monoisotopic (exact) mass is 357 g/mol.